The van der Waals surface area contributed by atoms with Crippen LogP contribution < -0.4 is 14.2 Å². The fourth-order valence-corrected chi connectivity index (χ4v) is 3.52. The highest BCUT2D eigenvalue weighted by Gasteiger charge is 2.28. The topological polar surface area (TPSA) is 56.7 Å². The van der Waals surface area contributed by atoms with E-state index in [0.717, 1.165) is 54.7 Å². The van der Waals surface area contributed by atoms with E-state index in [1.54, 1.807) is 21.3 Å². The van der Waals surface area contributed by atoms with E-state index < -0.39 is 0 Å². The molecule has 1 aliphatic heterocycles. The first-order chi connectivity index (χ1) is 12.7. The third kappa shape index (κ3) is 3.33. The van der Waals surface area contributed by atoms with Crippen LogP contribution >= 0.6 is 0 Å². The Morgan fingerprint density at radius 2 is 1.81 bits per heavy atom. The molecule has 138 valence electrons. The van der Waals surface area contributed by atoms with Gasteiger partial charge in [0.25, 0.3) is 0 Å². The third-order valence-corrected chi connectivity index (χ3v) is 5.17. The van der Waals surface area contributed by atoms with Crippen LogP contribution in [0.1, 0.15) is 41.4 Å². The van der Waals surface area contributed by atoms with Gasteiger partial charge in [0.2, 0.25) is 0 Å². The first-order valence-corrected chi connectivity index (χ1v) is 9.07. The predicted molar refractivity (Wildman–Crippen MR) is 97.9 cm³/mol. The lowest BCUT2D eigenvalue weighted by Gasteiger charge is -2.29. The van der Waals surface area contributed by atoms with Crippen molar-refractivity contribution in [3.05, 3.63) is 41.0 Å². The Kier molecular flexibility index (Phi) is 4.68. The van der Waals surface area contributed by atoms with E-state index in [9.17, 15) is 0 Å². The van der Waals surface area contributed by atoms with Gasteiger partial charge in [-0.3, -0.25) is 4.90 Å². The van der Waals surface area contributed by atoms with E-state index >= 15 is 0 Å². The molecule has 1 saturated carbocycles. The number of hydrogen-bond donors (Lipinski definition) is 0. The van der Waals surface area contributed by atoms with Crippen LogP contribution in [0.15, 0.2) is 18.3 Å². The van der Waals surface area contributed by atoms with Crippen molar-refractivity contribution in [3.8, 4) is 17.2 Å². The molecule has 0 N–H and O–H groups in total. The van der Waals surface area contributed by atoms with Gasteiger partial charge in [-0.15, -0.1) is 0 Å². The van der Waals surface area contributed by atoms with Crippen LogP contribution in [0, 0.1) is 0 Å². The average Bonchev–Trinajstić information content (AvgIpc) is 3.52. The lowest BCUT2D eigenvalue weighted by Crippen LogP contribution is -2.31. The maximum atomic E-state index is 5.58. The standard InChI is InChI=1S/C20H25N3O3/c1-24-15-8-18(25-2)16(19(9-15)26-3)12-23-7-6-17-14(11-23)10-21-20(22-17)13-4-5-13/h8-10,13H,4-7,11-12H2,1-3H3. The van der Waals surface area contributed by atoms with Gasteiger partial charge in [-0.25, -0.2) is 9.97 Å². The van der Waals surface area contributed by atoms with Gasteiger partial charge in [0.05, 0.1) is 26.9 Å². The van der Waals surface area contributed by atoms with Gasteiger partial charge < -0.3 is 14.2 Å². The largest absolute Gasteiger partial charge is 0.496 e. The van der Waals surface area contributed by atoms with Crippen LogP contribution in [0.5, 0.6) is 17.2 Å². The van der Waals surface area contributed by atoms with E-state index in [1.807, 2.05) is 18.3 Å². The minimum atomic E-state index is 0.603. The summed E-state index contributed by atoms with van der Waals surface area (Å²) in [4.78, 5) is 11.8. The summed E-state index contributed by atoms with van der Waals surface area (Å²) in [5.74, 6) is 3.94. The lowest BCUT2D eigenvalue weighted by molar-refractivity contribution is 0.234. The number of rotatable bonds is 6. The summed E-state index contributed by atoms with van der Waals surface area (Å²) >= 11 is 0. The molecular weight excluding hydrogens is 330 g/mol. The van der Waals surface area contributed by atoms with Crippen molar-refractivity contribution in [1.82, 2.24) is 14.9 Å². The van der Waals surface area contributed by atoms with Gasteiger partial charge in [0.1, 0.15) is 23.1 Å². The molecule has 0 spiro atoms. The van der Waals surface area contributed by atoms with Crippen molar-refractivity contribution < 1.29 is 14.2 Å². The number of ether oxygens (including phenoxy) is 3. The molecule has 0 atom stereocenters. The molecule has 1 aliphatic carbocycles. The monoisotopic (exact) mass is 355 g/mol. The van der Waals surface area contributed by atoms with Crippen LogP contribution in [0.4, 0.5) is 0 Å². The van der Waals surface area contributed by atoms with Crippen molar-refractivity contribution in [2.75, 3.05) is 27.9 Å². The van der Waals surface area contributed by atoms with Crippen molar-refractivity contribution >= 4 is 0 Å². The molecule has 6 heteroatoms. The first-order valence-electron chi connectivity index (χ1n) is 9.07. The zero-order valence-electron chi connectivity index (χ0n) is 15.6. The number of methoxy groups -OCH3 is 3. The molecule has 0 amide bonds. The van der Waals surface area contributed by atoms with E-state index in [0.29, 0.717) is 5.92 Å². The van der Waals surface area contributed by atoms with Crippen LogP contribution in [-0.4, -0.2) is 42.7 Å². The van der Waals surface area contributed by atoms with Crippen molar-refractivity contribution in [3.63, 3.8) is 0 Å². The van der Waals surface area contributed by atoms with Gasteiger partial charge in [-0.05, 0) is 12.8 Å². The molecule has 0 unspecified atom stereocenters. The summed E-state index contributed by atoms with van der Waals surface area (Å²) in [5.41, 5.74) is 3.48. The van der Waals surface area contributed by atoms with Gasteiger partial charge >= 0.3 is 0 Å². The molecule has 4 rings (SSSR count). The molecule has 1 aromatic carbocycles. The zero-order chi connectivity index (χ0) is 18.1. The van der Waals surface area contributed by atoms with Gasteiger partial charge in [0, 0.05) is 61.6 Å². The van der Waals surface area contributed by atoms with Crippen molar-refractivity contribution in [1.29, 1.82) is 0 Å². The van der Waals surface area contributed by atoms with E-state index in [-0.39, 0.29) is 0 Å². The summed E-state index contributed by atoms with van der Waals surface area (Å²) in [7, 11) is 5.00. The summed E-state index contributed by atoms with van der Waals surface area (Å²) < 4.78 is 16.5. The minimum absolute atomic E-state index is 0.603. The van der Waals surface area contributed by atoms with Crippen LogP contribution in [0.3, 0.4) is 0 Å². The molecule has 6 nitrogen and oxygen atoms in total. The first kappa shape index (κ1) is 17.1. The Morgan fingerprint density at radius 3 is 2.42 bits per heavy atom. The smallest absolute Gasteiger partial charge is 0.131 e. The molecule has 1 fully saturated rings. The quantitative estimate of drug-likeness (QED) is 0.794. The molecule has 1 aromatic heterocycles. The fourth-order valence-electron chi connectivity index (χ4n) is 3.52. The minimum Gasteiger partial charge on any atom is -0.496 e. The van der Waals surface area contributed by atoms with Crippen LogP contribution in [0.25, 0.3) is 0 Å². The second-order valence-corrected chi connectivity index (χ2v) is 6.95. The number of nitrogens with zero attached hydrogens (tertiary/aromatic N) is 3. The SMILES string of the molecule is COc1cc(OC)c(CN2CCc3nc(C4CC4)ncc3C2)c(OC)c1. The molecule has 26 heavy (non-hydrogen) atoms. The fraction of sp³-hybridized carbons (Fsp3) is 0.500. The summed E-state index contributed by atoms with van der Waals surface area (Å²) in [6.45, 7) is 2.56. The zero-order valence-corrected chi connectivity index (χ0v) is 15.6. The summed E-state index contributed by atoms with van der Waals surface area (Å²) in [6.07, 6.45) is 5.45. The van der Waals surface area contributed by atoms with Gasteiger partial charge in [0.15, 0.2) is 0 Å². The molecule has 2 aromatic rings. The Labute approximate surface area is 154 Å². The second-order valence-electron chi connectivity index (χ2n) is 6.95. The second kappa shape index (κ2) is 7.11. The average molecular weight is 355 g/mol. The van der Waals surface area contributed by atoms with E-state index in [2.05, 4.69) is 9.88 Å². The summed E-state index contributed by atoms with van der Waals surface area (Å²) in [6, 6.07) is 3.81. The van der Waals surface area contributed by atoms with Crippen LogP contribution in [-0.2, 0) is 19.5 Å². The molecule has 2 heterocycles. The van der Waals surface area contributed by atoms with E-state index in [1.165, 1.54) is 24.1 Å². The van der Waals surface area contributed by atoms with Gasteiger partial charge in [-0.1, -0.05) is 0 Å². The summed E-state index contributed by atoms with van der Waals surface area (Å²) in [5, 5.41) is 0. The molecule has 0 bridgehead atoms. The Hall–Kier alpha value is -2.34. The van der Waals surface area contributed by atoms with Crippen LogP contribution in [0.2, 0.25) is 0 Å². The number of fused-ring (bicyclic) bond motifs is 1. The molecule has 0 saturated heterocycles. The van der Waals surface area contributed by atoms with E-state index in [4.69, 9.17) is 19.2 Å². The maximum absolute atomic E-state index is 5.58. The highest BCUT2D eigenvalue weighted by Crippen LogP contribution is 2.39. The molecular formula is C20H25N3O3. The Morgan fingerprint density at radius 1 is 1.08 bits per heavy atom. The highest BCUT2D eigenvalue weighted by molar-refractivity contribution is 5.50. The van der Waals surface area contributed by atoms with Crippen molar-refractivity contribution in [2.24, 2.45) is 0 Å². The number of hydrogen-bond acceptors (Lipinski definition) is 6. The third-order valence-electron chi connectivity index (χ3n) is 5.17. The Balaban J connectivity index is 1.55. The number of aromatic nitrogens is 2. The van der Waals surface area contributed by atoms with Crippen molar-refractivity contribution in [2.45, 2.75) is 38.3 Å². The molecule has 2 aliphatic rings. The predicted octanol–water partition coefficient (Wildman–Crippen LogP) is 2.94. The molecule has 0 radical (unpaired) electrons. The maximum Gasteiger partial charge on any atom is 0.131 e. The van der Waals surface area contributed by atoms with Gasteiger partial charge in [-0.2, -0.15) is 0 Å². The Bertz CT molecular complexity index is 780. The normalized spacial score (nSPS) is 16.9. The lowest BCUT2D eigenvalue weighted by atomic mass is 10.1. The highest BCUT2D eigenvalue weighted by atomic mass is 16.5. The number of benzene rings is 1.